The van der Waals surface area contributed by atoms with Crippen LogP contribution in [0.15, 0.2) is 30.3 Å². The molecule has 1 fully saturated rings. The van der Waals surface area contributed by atoms with Crippen LogP contribution >= 0.6 is 0 Å². The summed E-state index contributed by atoms with van der Waals surface area (Å²) in [7, 11) is 0. The van der Waals surface area contributed by atoms with Crippen molar-refractivity contribution in [3.8, 4) is 6.07 Å². The Kier molecular flexibility index (Phi) is 3.52. The molecule has 0 aromatic heterocycles. The van der Waals surface area contributed by atoms with Gasteiger partial charge in [-0.05, 0) is 12.0 Å². The maximum absolute atomic E-state index is 12.5. The summed E-state index contributed by atoms with van der Waals surface area (Å²) in [6.45, 7) is 1.74. The molecule has 19 heavy (non-hydrogen) atoms. The van der Waals surface area contributed by atoms with Gasteiger partial charge in [-0.2, -0.15) is 5.26 Å². The van der Waals surface area contributed by atoms with E-state index in [4.69, 9.17) is 5.26 Å². The van der Waals surface area contributed by atoms with Gasteiger partial charge in [0.15, 0.2) is 0 Å². The monoisotopic (exact) mass is 257 g/mol. The van der Waals surface area contributed by atoms with Crippen LogP contribution in [0.25, 0.3) is 0 Å². The molecule has 98 valence electrons. The Morgan fingerprint density at radius 1 is 1.32 bits per heavy atom. The van der Waals surface area contributed by atoms with Crippen molar-refractivity contribution < 1.29 is 9.59 Å². The number of hydrogen-bond donors (Lipinski definition) is 1. The van der Waals surface area contributed by atoms with E-state index in [9.17, 15) is 9.59 Å². The molecule has 0 bridgehead atoms. The lowest BCUT2D eigenvalue weighted by molar-refractivity contribution is -0.131. The molecule has 1 aromatic carbocycles. The van der Waals surface area contributed by atoms with Gasteiger partial charge in [0.2, 0.25) is 0 Å². The van der Waals surface area contributed by atoms with E-state index >= 15 is 0 Å². The van der Waals surface area contributed by atoms with E-state index in [1.165, 1.54) is 0 Å². The Labute approximate surface area is 111 Å². The average molecular weight is 257 g/mol. The van der Waals surface area contributed by atoms with Gasteiger partial charge in [0.25, 0.3) is 5.91 Å². The first kappa shape index (κ1) is 13.1. The summed E-state index contributed by atoms with van der Waals surface area (Å²) in [4.78, 5) is 25.4. The Morgan fingerprint density at radius 3 is 2.58 bits per heavy atom. The molecule has 0 saturated carbocycles. The molecule has 0 spiro atoms. The van der Waals surface area contributed by atoms with Crippen molar-refractivity contribution in [3.05, 3.63) is 35.9 Å². The molecular formula is C14H15N3O2. The maximum Gasteiger partial charge on any atom is 0.326 e. The lowest BCUT2D eigenvalue weighted by Crippen LogP contribution is -2.44. The molecule has 5 heteroatoms. The molecule has 0 unspecified atom stereocenters. The Balaban J connectivity index is 2.45. The van der Waals surface area contributed by atoms with E-state index in [-0.39, 0.29) is 12.5 Å². The average Bonchev–Trinajstić information content (AvgIpc) is 2.66. The molecule has 2 rings (SSSR count). The fourth-order valence-corrected chi connectivity index (χ4v) is 2.45. The van der Waals surface area contributed by atoms with Crippen molar-refractivity contribution in [2.24, 2.45) is 0 Å². The Bertz CT molecular complexity index is 535. The number of benzene rings is 1. The zero-order valence-electron chi connectivity index (χ0n) is 10.7. The van der Waals surface area contributed by atoms with Crippen LogP contribution in [-0.2, 0) is 10.3 Å². The normalized spacial score (nSPS) is 22.2. The quantitative estimate of drug-likeness (QED) is 0.659. The van der Waals surface area contributed by atoms with E-state index in [0.717, 1.165) is 16.9 Å². The third-order valence-corrected chi connectivity index (χ3v) is 3.30. The molecule has 0 aliphatic carbocycles. The minimum atomic E-state index is -1.02. The van der Waals surface area contributed by atoms with E-state index in [2.05, 4.69) is 5.32 Å². The highest BCUT2D eigenvalue weighted by Crippen LogP contribution is 2.33. The van der Waals surface area contributed by atoms with E-state index in [1.807, 2.05) is 43.3 Å². The smallest absolute Gasteiger partial charge is 0.319 e. The molecule has 1 heterocycles. The highest BCUT2D eigenvalue weighted by molar-refractivity contribution is 6.07. The van der Waals surface area contributed by atoms with Crippen molar-refractivity contribution >= 4 is 11.9 Å². The van der Waals surface area contributed by atoms with Crippen LogP contribution in [0.4, 0.5) is 4.79 Å². The second-order valence-corrected chi connectivity index (χ2v) is 4.50. The number of carbonyl (C=O) groups is 2. The molecule has 1 aromatic rings. The van der Waals surface area contributed by atoms with Gasteiger partial charge in [-0.25, -0.2) is 9.69 Å². The largest absolute Gasteiger partial charge is 0.326 e. The highest BCUT2D eigenvalue weighted by Gasteiger charge is 2.51. The summed E-state index contributed by atoms with van der Waals surface area (Å²) < 4.78 is 0. The predicted molar refractivity (Wildman–Crippen MR) is 68.9 cm³/mol. The number of rotatable bonds is 4. The van der Waals surface area contributed by atoms with Crippen LogP contribution in [0.2, 0.25) is 0 Å². The summed E-state index contributed by atoms with van der Waals surface area (Å²) in [5.74, 6) is -0.341. The first-order valence-corrected chi connectivity index (χ1v) is 6.22. The molecule has 1 aliphatic heterocycles. The number of nitrogens with zero attached hydrogens (tertiary/aromatic N) is 2. The van der Waals surface area contributed by atoms with Gasteiger partial charge in [-0.3, -0.25) is 4.79 Å². The molecule has 1 saturated heterocycles. The molecule has 0 radical (unpaired) electrons. The minimum absolute atomic E-state index is 0.219. The number of amides is 3. The first-order valence-electron chi connectivity index (χ1n) is 6.22. The minimum Gasteiger partial charge on any atom is -0.319 e. The van der Waals surface area contributed by atoms with Gasteiger partial charge >= 0.3 is 6.03 Å². The number of imide groups is 1. The van der Waals surface area contributed by atoms with Crippen LogP contribution in [0.5, 0.6) is 0 Å². The van der Waals surface area contributed by atoms with E-state index in [0.29, 0.717) is 6.42 Å². The van der Waals surface area contributed by atoms with Crippen LogP contribution < -0.4 is 5.32 Å². The van der Waals surface area contributed by atoms with Crippen molar-refractivity contribution in [3.63, 3.8) is 0 Å². The second-order valence-electron chi connectivity index (χ2n) is 4.50. The zero-order chi connectivity index (χ0) is 13.9. The number of hydrogen-bond acceptors (Lipinski definition) is 3. The van der Waals surface area contributed by atoms with E-state index < -0.39 is 11.6 Å². The summed E-state index contributed by atoms with van der Waals surface area (Å²) >= 11 is 0. The summed E-state index contributed by atoms with van der Waals surface area (Å²) in [6, 6.07) is 10.5. The second kappa shape index (κ2) is 5.11. The van der Waals surface area contributed by atoms with Gasteiger partial charge in [0.05, 0.1) is 6.07 Å². The van der Waals surface area contributed by atoms with Crippen LogP contribution in [0.1, 0.15) is 25.3 Å². The molecule has 1 N–H and O–H groups in total. The molecule has 3 amide bonds. The van der Waals surface area contributed by atoms with Crippen molar-refractivity contribution in [2.75, 3.05) is 6.54 Å². The summed E-state index contributed by atoms with van der Waals surface area (Å²) in [5.41, 5.74) is -0.264. The third kappa shape index (κ3) is 2.06. The zero-order valence-corrected chi connectivity index (χ0v) is 10.7. The Hall–Kier alpha value is -2.35. The lowest BCUT2D eigenvalue weighted by Gasteiger charge is -2.26. The van der Waals surface area contributed by atoms with Crippen molar-refractivity contribution in [1.82, 2.24) is 10.2 Å². The fraction of sp³-hybridized carbons (Fsp3) is 0.357. The van der Waals surface area contributed by atoms with Crippen LogP contribution in [0, 0.1) is 11.3 Å². The number of carbonyl (C=O) groups excluding carboxylic acids is 2. The van der Waals surface area contributed by atoms with Crippen LogP contribution in [-0.4, -0.2) is 23.4 Å². The van der Waals surface area contributed by atoms with Gasteiger partial charge in [-0.15, -0.1) is 0 Å². The standard InChI is InChI=1S/C14H15N3O2/c1-2-8-14(11-6-4-3-5-7-11)12(18)17(10-9-15)13(19)16-14/h3-7H,2,8,10H2,1H3,(H,16,19)/t14-/m0/s1. The first-order chi connectivity index (χ1) is 9.15. The molecular weight excluding hydrogens is 242 g/mol. The number of nitriles is 1. The highest BCUT2D eigenvalue weighted by atomic mass is 16.2. The number of nitrogens with one attached hydrogen (secondary N) is 1. The summed E-state index contributed by atoms with van der Waals surface area (Å²) in [5, 5.41) is 11.5. The molecule has 1 aliphatic rings. The van der Waals surface area contributed by atoms with Gasteiger partial charge in [-0.1, -0.05) is 43.7 Å². The maximum atomic E-state index is 12.5. The molecule has 1 atom stereocenters. The number of urea groups is 1. The summed E-state index contributed by atoms with van der Waals surface area (Å²) in [6.07, 6.45) is 1.27. The van der Waals surface area contributed by atoms with Crippen LogP contribution in [0.3, 0.4) is 0 Å². The molecule has 5 nitrogen and oxygen atoms in total. The topological polar surface area (TPSA) is 73.2 Å². The SMILES string of the molecule is CCC[C@@]1(c2ccccc2)NC(=O)N(CC#N)C1=O. The predicted octanol–water partition coefficient (Wildman–Crippen LogP) is 1.76. The van der Waals surface area contributed by atoms with Gasteiger partial charge < -0.3 is 5.32 Å². The van der Waals surface area contributed by atoms with Gasteiger partial charge in [0.1, 0.15) is 12.1 Å². The fourth-order valence-electron chi connectivity index (χ4n) is 2.45. The van der Waals surface area contributed by atoms with Crippen molar-refractivity contribution in [2.45, 2.75) is 25.3 Å². The van der Waals surface area contributed by atoms with Gasteiger partial charge in [0, 0.05) is 0 Å². The van der Waals surface area contributed by atoms with E-state index in [1.54, 1.807) is 0 Å². The lowest BCUT2D eigenvalue weighted by atomic mass is 9.85. The van der Waals surface area contributed by atoms with Crippen molar-refractivity contribution in [1.29, 1.82) is 5.26 Å². The Morgan fingerprint density at radius 2 is 2.00 bits per heavy atom. The third-order valence-electron chi connectivity index (χ3n) is 3.30.